The molecular weight excluding hydrogens is 324 g/mol. The number of carbonyl (C=O) groups excluding carboxylic acids is 1. The van der Waals surface area contributed by atoms with Gasteiger partial charge in [-0.15, -0.1) is 0 Å². The lowest BCUT2D eigenvalue weighted by Crippen LogP contribution is -2.44. The van der Waals surface area contributed by atoms with E-state index >= 15 is 0 Å². The van der Waals surface area contributed by atoms with Gasteiger partial charge in [0.25, 0.3) is 0 Å². The van der Waals surface area contributed by atoms with Crippen LogP contribution in [-0.2, 0) is 11.2 Å². The fraction of sp³-hybridized carbons (Fsp3) is 0.609. The van der Waals surface area contributed by atoms with E-state index in [0.717, 1.165) is 43.4 Å². The van der Waals surface area contributed by atoms with E-state index < -0.39 is 0 Å². The van der Waals surface area contributed by atoms with Crippen LogP contribution < -0.4 is 9.47 Å². The summed E-state index contributed by atoms with van der Waals surface area (Å²) in [6.07, 6.45) is 7.61. The van der Waals surface area contributed by atoms with Crippen molar-refractivity contribution in [1.82, 2.24) is 0 Å². The Kier molecular flexibility index (Phi) is 5.45. The largest absolute Gasteiger partial charge is 0.487 e. The number of benzene rings is 1. The Morgan fingerprint density at radius 3 is 2.77 bits per heavy atom. The number of fused-ring (bicyclic) bond motifs is 4. The van der Waals surface area contributed by atoms with Crippen LogP contribution in [0.5, 0.6) is 11.5 Å². The van der Waals surface area contributed by atoms with Crippen LogP contribution in [0.2, 0.25) is 0 Å². The van der Waals surface area contributed by atoms with Crippen molar-refractivity contribution in [2.24, 2.45) is 5.92 Å². The average Bonchev–Trinajstić information content (AvgIpc) is 2.53. The number of allylic oxidation sites excluding steroid dienone is 1. The molecule has 142 valence electrons. The standard InChI is InChI=1S/C23H32O3/c1-6-7-8-9-17-12-20(25-16(4)24)22-19-14-23(5,26-21(22)13-17)11-10-18(19)15(2)3/h12-13,18-19H,2,6-11,14H2,1,3-5H3. The molecule has 0 saturated heterocycles. The first-order chi connectivity index (χ1) is 12.3. The third kappa shape index (κ3) is 3.82. The van der Waals surface area contributed by atoms with Gasteiger partial charge in [0.15, 0.2) is 0 Å². The first-order valence-corrected chi connectivity index (χ1v) is 10.0. The van der Waals surface area contributed by atoms with Crippen LogP contribution in [0.3, 0.4) is 0 Å². The number of hydrogen-bond donors (Lipinski definition) is 0. The number of rotatable bonds is 6. The van der Waals surface area contributed by atoms with Crippen molar-refractivity contribution in [1.29, 1.82) is 0 Å². The molecule has 3 rings (SSSR count). The monoisotopic (exact) mass is 356 g/mol. The zero-order valence-corrected chi connectivity index (χ0v) is 16.7. The zero-order chi connectivity index (χ0) is 18.9. The third-order valence-corrected chi connectivity index (χ3v) is 5.97. The summed E-state index contributed by atoms with van der Waals surface area (Å²) >= 11 is 0. The molecule has 1 aliphatic carbocycles. The first kappa shape index (κ1) is 19.0. The lowest BCUT2D eigenvalue weighted by Gasteiger charge is -2.48. The molecule has 2 aliphatic rings. The van der Waals surface area contributed by atoms with E-state index in [2.05, 4.69) is 39.5 Å². The molecule has 0 spiro atoms. The predicted molar refractivity (Wildman–Crippen MR) is 105 cm³/mol. The van der Waals surface area contributed by atoms with Gasteiger partial charge in [-0.25, -0.2) is 0 Å². The molecular formula is C23H32O3. The summed E-state index contributed by atoms with van der Waals surface area (Å²) < 4.78 is 12.1. The second-order valence-corrected chi connectivity index (χ2v) is 8.41. The third-order valence-electron chi connectivity index (χ3n) is 5.97. The van der Waals surface area contributed by atoms with Gasteiger partial charge in [0.05, 0.1) is 0 Å². The van der Waals surface area contributed by atoms with E-state index in [9.17, 15) is 4.79 Å². The van der Waals surface area contributed by atoms with Crippen molar-refractivity contribution in [2.45, 2.75) is 84.2 Å². The minimum Gasteiger partial charge on any atom is -0.487 e. The number of carbonyl (C=O) groups is 1. The molecule has 3 heteroatoms. The second kappa shape index (κ2) is 7.46. The van der Waals surface area contributed by atoms with Gasteiger partial charge in [0, 0.05) is 18.4 Å². The minimum absolute atomic E-state index is 0.126. The van der Waals surface area contributed by atoms with Crippen LogP contribution in [-0.4, -0.2) is 11.6 Å². The first-order valence-electron chi connectivity index (χ1n) is 10.0. The maximum Gasteiger partial charge on any atom is 0.308 e. The second-order valence-electron chi connectivity index (χ2n) is 8.41. The highest BCUT2D eigenvalue weighted by atomic mass is 16.5. The predicted octanol–water partition coefficient (Wildman–Crippen LogP) is 5.96. The van der Waals surface area contributed by atoms with E-state index in [-0.39, 0.29) is 11.6 Å². The highest BCUT2D eigenvalue weighted by molar-refractivity contribution is 5.71. The molecule has 0 amide bonds. The summed E-state index contributed by atoms with van der Waals surface area (Å²) in [4.78, 5) is 11.7. The lowest BCUT2D eigenvalue weighted by atomic mass is 9.65. The lowest BCUT2D eigenvalue weighted by molar-refractivity contribution is -0.132. The van der Waals surface area contributed by atoms with Crippen molar-refractivity contribution in [3.63, 3.8) is 0 Å². The smallest absolute Gasteiger partial charge is 0.308 e. The maximum atomic E-state index is 11.7. The summed E-state index contributed by atoms with van der Waals surface area (Å²) in [6.45, 7) is 12.2. The van der Waals surface area contributed by atoms with Crippen molar-refractivity contribution in [3.05, 3.63) is 35.4 Å². The van der Waals surface area contributed by atoms with E-state index in [4.69, 9.17) is 9.47 Å². The molecule has 1 aromatic rings. The highest BCUT2D eigenvalue weighted by Gasteiger charge is 2.46. The van der Waals surface area contributed by atoms with Crippen LogP contribution >= 0.6 is 0 Å². The normalized spacial score (nSPS) is 26.6. The van der Waals surface area contributed by atoms with Gasteiger partial charge in [-0.3, -0.25) is 4.79 Å². The van der Waals surface area contributed by atoms with Gasteiger partial charge in [-0.1, -0.05) is 31.9 Å². The van der Waals surface area contributed by atoms with Gasteiger partial charge in [-0.2, -0.15) is 0 Å². The quantitative estimate of drug-likeness (QED) is 0.273. The Balaban J connectivity index is 2.05. The van der Waals surface area contributed by atoms with Gasteiger partial charge in [0.1, 0.15) is 17.1 Å². The Hall–Kier alpha value is -1.77. The van der Waals surface area contributed by atoms with E-state index in [0.29, 0.717) is 17.6 Å². The SMILES string of the molecule is C=C(C)C1CCC2(C)CC1c1c(OC(C)=O)cc(CCCCC)cc1O2. The molecule has 3 atom stereocenters. The van der Waals surface area contributed by atoms with E-state index in [1.54, 1.807) is 0 Å². The Labute approximate surface area is 157 Å². The fourth-order valence-corrected chi connectivity index (χ4v) is 4.69. The summed E-state index contributed by atoms with van der Waals surface area (Å²) in [6, 6.07) is 4.25. The average molecular weight is 357 g/mol. The Morgan fingerprint density at radius 2 is 2.12 bits per heavy atom. The molecule has 3 unspecified atom stereocenters. The molecule has 1 fully saturated rings. The molecule has 26 heavy (non-hydrogen) atoms. The molecule has 0 aromatic heterocycles. The van der Waals surface area contributed by atoms with Gasteiger partial charge in [0.2, 0.25) is 0 Å². The maximum absolute atomic E-state index is 11.7. The summed E-state index contributed by atoms with van der Waals surface area (Å²) in [7, 11) is 0. The van der Waals surface area contributed by atoms with Crippen LogP contribution in [0.1, 0.15) is 83.3 Å². The van der Waals surface area contributed by atoms with Crippen molar-refractivity contribution in [3.8, 4) is 11.5 Å². The molecule has 3 nitrogen and oxygen atoms in total. The van der Waals surface area contributed by atoms with Crippen LogP contribution in [0.25, 0.3) is 0 Å². The molecule has 1 saturated carbocycles. The number of unbranched alkanes of at least 4 members (excludes halogenated alkanes) is 2. The summed E-state index contributed by atoms with van der Waals surface area (Å²) in [5.74, 6) is 2.08. The Morgan fingerprint density at radius 1 is 1.35 bits per heavy atom. The molecule has 1 aliphatic heterocycles. The van der Waals surface area contributed by atoms with E-state index in [1.807, 2.05) is 0 Å². The molecule has 1 aromatic carbocycles. The number of ether oxygens (including phenoxy) is 2. The Bertz CT molecular complexity index is 706. The minimum atomic E-state index is -0.270. The molecule has 0 radical (unpaired) electrons. The topological polar surface area (TPSA) is 35.5 Å². The molecule has 1 heterocycles. The van der Waals surface area contributed by atoms with Crippen LogP contribution in [0.15, 0.2) is 24.3 Å². The number of hydrogen-bond acceptors (Lipinski definition) is 3. The molecule has 2 bridgehead atoms. The van der Waals surface area contributed by atoms with Crippen LogP contribution in [0.4, 0.5) is 0 Å². The summed E-state index contributed by atoms with van der Waals surface area (Å²) in [5.41, 5.74) is 3.36. The highest BCUT2D eigenvalue weighted by Crippen LogP contribution is 2.55. The van der Waals surface area contributed by atoms with Crippen LogP contribution in [0, 0.1) is 5.92 Å². The van der Waals surface area contributed by atoms with E-state index in [1.165, 1.54) is 30.9 Å². The van der Waals surface area contributed by atoms with Crippen molar-refractivity contribution in [2.75, 3.05) is 0 Å². The zero-order valence-electron chi connectivity index (χ0n) is 16.7. The van der Waals surface area contributed by atoms with Gasteiger partial charge >= 0.3 is 5.97 Å². The van der Waals surface area contributed by atoms with Gasteiger partial charge in [-0.05, 0) is 69.6 Å². The van der Waals surface area contributed by atoms with Crippen molar-refractivity contribution < 1.29 is 14.3 Å². The summed E-state index contributed by atoms with van der Waals surface area (Å²) in [5, 5.41) is 0. The fourth-order valence-electron chi connectivity index (χ4n) is 4.69. The number of aryl methyl sites for hydroxylation is 1. The van der Waals surface area contributed by atoms with Gasteiger partial charge < -0.3 is 9.47 Å². The number of esters is 1. The van der Waals surface area contributed by atoms with Crippen molar-refractivity contribution >= 4 is 5.97 Å². The molecule has 0 N–H and O–H groups in total.